The number of anilines is 1. The molecule has 2 aliphatic rings. The Morgan fingerprint density at radius 3 is 3.05 bits per heavy atom. The lowest BCUT2D eigenvalue weighted by atomic mass is 10.00. The van der Waals surface area contributed by atoms with Gasteiger partial charge in [-0.3, -0.25) is 0 Å². The first-order valence-electron chi connectivity index (χ1n) is 6.64. The van der Waals surface area contributed by atoms with E-state index in [1.165, 1.54) is 0 Å². The van der Waals surface area contributed by atoms with Crippen molar-refractivity contribution in [2.75, 3.05) is 18.0 Å². The fourth-order valence-electron chi connectivity index (χ4n) is 3.51. The van der Waals surface area contributed by atoms with E-state index in [1.54, 1.807) is 6.20 Å². The van der Waals surface area contributed by atoms with E-state index in [2.05, 4.69) is 30.8 Å². The van der Waals surface area contributed by atoms with Gasteiger partial charge in [0, 0.05) is 37.6 Å². The number of halogens is 1. The van der Waals surface area contributed by atoms with Gasteiger partial charge >= 0.3 is 0 Å². The number of aromatic nitrogens is 3. The molecular weight excluding hydrogens is 308 g/mol. The summed E-state index contributed by atoms with van der Waals surface area (Å²) in [7, 11) is 0. The molecule has 3 atom stereocenters. The van der Waals surface area contributed by atoms with E-state index >= 15 is 0 Å². The molecule has 1 saturated heterocycles. The van der Waals surface area contributed by atoms with Gasteiger partial charge < -0.3 is 14.4 Å². The molecule has 1 aliphatic carbocycles. The normalized spacial score (nSPS) is 30.2. The Balaban J connectivity index is 1.74. The molecule has 5 nitrogen and oxygen atoms in total. The molecule has 100 valence electrons. The molecule has 3 unspecified atom stereocenters. The van der Waals surface area contributed by atoms with Crippen molar-refractivity contribution in [2.45, 2.75) is 18.9 Å². The maximum Gasteiger partial charge on any atom is 0.180 e. The number of hydrogen-bond acceptors (Lipinski definition) is 4. The van der Waals surface area contributed by atoms with Gasteiger partial charge in [0.2, 0.25) is 0 Å². The van der Waals surface area contributed by atoms with E-state index in [-0.39, 0.29) is 6.10 Å². The van der Waals surface area contributed by atoms with Gasteiger partial charge in [-0.1, -0.05) is 0 Å². The number of fused-ring (bicyclic) bond motifs is 2. The third kappa shape index (κ3) is 1.77. The second-order valence-electron chi connectivity index (χ2n) is 5.52. The molecule has 4 rings (SSSR count). The SMILES string of the molecule is OC1CCC2CN(c3nc(Br)cn4ccnc34)CC12. The van der Waals surface area contributed by atoms with E-state index < -0.39 is 0 Å². The maximum absolute atomic E-state index is 10.0. The summed E-state index contributed by atoms with van der Waals surface area (Å²) in [4.78, 5) is 11.2. The quantitative estimate of drug-likeness (QED) is 0.868. The molecule has 0 aromatic carbocycles. The molecule has 2 aromatic rings. The van der Waals surface area contributed by atoms with Crippen LogP contribution in [0.5, 0.6) is 0 Å². The fraction of sp³-hybridized carbons (Fsp3) is 0.538. The van der Waals surface area contributed by atoms with Crippen LogP contribution in [-0.2, 0) is 0 Å². The number of rotatable bonds is 1. The highest BCUT2D eigenvalue weighted by atomic mass is 79.9. The van der Waals surface area contributed by atoms with Crippen LogP contribution in [0.25, 0.3) is 5.65 Å². The summed E-state index contributed by atoms with van der Waals surface area (Å²) < 4.78 is 2.79. The Labute approximate surface area is 119 Å². The lowest BCUT2D eigenvalue weighted by Gasteiger charge is -2.20. The Kier molecular flexibility index (Phi) is 2.57. The highest BCUT2D eigenvalue weighted by Gasteiger charge is 2.42. The van der Waals surface area contributed by atoms with E-state index in [0.717, 1.165) is 42.0 Å². The van der Waals surface area contributed by atoms with Crippen LogP contribution in [0.15, 0.2) is 23.2 Å². The zero-order chi connectivity index (χ0) is 13.0. The summed E-state index contributed by atoms with van der Waals surface area (Å²) in [6.07, 6.45) is 7.57. The molecule has 2 aromatic heterocycles. The largest absolute Gasteiger partial charge is 0.393 e. The van der Waals surface area contributed by atoms with Crippen LogP contribution in [-0.4, -0.2) is 38.7 Å². The van der Waals surface area contributed by atoms with Crippen molar-refractivity contribution in [1.82, 2.24) is 14.4 Å². The van der Waals surface area contributed by atoms with Crippen LogP contribution in [0.4, 0.5) is 5.82 Å². The third-order valence-corrected chi connectivity index (χ3v) is 4.83. The number of aliphatic hydroxyl groups is 1. The average molecular weight is 323 g/mol. The first kappa shape index (κ1) is 11.7. The second-order valence-corrected chi connectivity index (χ2v) is 6.33. The molecule has 6 heteroatoms. The third-order valence-electron chi connectivity index (χ3n) is 4.45. The van der Waals surface area contributed by atoms with Crippen molar-refractivity contribution in [3.8, 4) is 0 Å². The molecule has 0 spiro atoms. The number of aliphatic hydroxyl groups excluding tert-OH is 1. The van der Waals surface area contributed by atoms with Crippen LogP contribution in [0, 0.1) is 11.8 Å². The monoisotopic (exact) mass is 322 g/mol. The Morgan fingerprint density at radius 1 is 1.32 bits per heavy atom. The molecule has 0 amide bonds. The highest BCUT2D eigenvalue weighted by Crippen LogP contribution is 2.40. The molecule has 1 N–H and O–H groups in total. The molecule has 3 heterocycles. The molecule has 1 saturated carbocycles. The number of imidazole rings is 1. The van der Waals surface area contributed by atoms with Crippen LogP contribution in [0.2, 0.25) is 0 Å². The Bertz CT molecular complexity index is 628. The van der Waals surface area contributed by atoms with Crippen molar-refractivity contribution in [3.63, 3.8) is 0 Å². The van der Waals surface area contributed by atoms with Gasteiger partial charge in [0.15, 0.2) is 11.5 Å². The molecule has 0 radical (unpaired) electrons. The Morgan fingerprint density at radius 2 is 2.21 bits per heavy atom. The van der Waals surface area contributed by atoms with Gasteiger partial charge in [0.05, 0.1) is 6.10 Å². The zero-order valence-corrected chi connectivity index (χ0v) is 12.0. The average Bonchev–Trinajstić information content (AvgIpc) is 3.05. The first-order chi connectivity index (χ1) is 9.22. The van der Waals surface area contributed by atoms with Crippen molar-refractivity contribution < 1.29 is 5.11 Å². The van der Waals surface area contributed by atoms with Gasteiger partial charge in [-0.05, 0) is 34.7 Å². The van der Waals surface area contributed by atoms with Gasteiger partial charge in [0.1, 0.15) is 4.60 Å². The number of hydrogen-bond donors (Lipinski definition) is 1. The van der Waals surface area contributed by atoms with Crippen LogP contribution < -0.4 is 4.90 Å². The molecule has 19 heavy (non-hydrogen) atoms. The molecule has 2 fully saturated rings. The van der Waals surface area contributed by atoms with Gasteiger partial charge in [-0.25, -0.2) is 9.97 Å². The molecule has 0 bridgehead atoms. The summed E-state index contributed by atoms with van der Waals surface area (Å²) in [5.74, 6) is 1.92. The van der Waals surface area contributed by atoms with Crippen LogP contribution in [0.3, 0.4) is 0 Å². The summed E-state index contributed by atoms with van der Waals surface area (Å²) in [6.45, 7) is 1.87. The standard InChI is InChI=1S/C13H15BrN4O/c14-11-7-17-4-3-15-12(17)13(16-11)18-5-8-1-2-10(19)9(8)6-18/h3-4,7-10,19H,1-2,5-6H2. The van der Waals surface area contributed by atoms with Crippen molar-refractivity contribution >= 4 is 27.4 Å². The van der Waals surface area contributed by atoms with E-state index in [9.17, 15) is 5.11 Å². The minimum atomic E-state index is -0.141. The van der Waals surface area contributed by atoms with Crippen molar-refractivity contribution in [3.05, 3.63) is 23.2 Å². The highest BCUT2D eigenvalue weighted by molar-refractivity contribution is 9.10. The lowest BCUT2D eigenvalue weighted by molar-refractivity contribution is 0.133. The van der Waals surface area contributed by atoms with Crippen molar-refractivity contribution in [2.24, 2.45) is 11.8 Å². The van der Waals surface area contributed by atoms with Crippen LogP contribution >= 0.6 is 15.9 Å². The molecular formula is C13H15BrN4O. The number of nitrogens with zero attached hydrogens (tertiary/aromatic N) is 4. The minimum Gasteiger partial charge on any atom is -0.393 e. The van der Waals surface area contributed by atoms with E-state index in [4.69, 9.17) is 0 Å². The predicted molar refractivity (Wildman–Crippen MR) is 75.1 cm³/mol. The predicted octanol–water partition coefficient (Wildman–Crippen LogP) is 1.70. The summed E-state index contributed by atoms with van der Waals surface area (Å²) in [6, 6.07) is 0. The van der Waals surface area contributed by atoms with Gasteiger partial charge in [-0.15, -0.1) is 0 Å². The van der Waals surface area contributed by atoms with Gasteiger partial charge in [-0.2, -0.15) is 0 Å². The molecule has 1 aliphatic heterocycles. The van der Waals surface area contributed by atoms with Crippen molar-refractivity contribution in [1.29, 1.82) is 0 Å². The fourth-order valence-corrected chi connectivity index (χ4v) is 3.90. The summed E-state index contributed by atoms with van der Waals surface area (Å²) >= 11 is 3.45. The van der Waals surface area contributed by atoms with Crippen LogP contribution in [0.1, 0.15) is 12.8 Å². The van der Waals surface area contributed by atoms with Gasteiger partial charge in [0.25, 0.3) is 0 Å². The minimum absolute atomic E-state index is 0.141. The first-order valence-corrected chi connectivity index (χ1v) is 7.44. The smallest absolute Gasteiger partial charge is 0.180 e. The topological polar surface area (TPSA) is 53.7 Å². The van der Waals surface area contributed by atoms with E-state index in [0.29, 0.717) is 11.8 Å². The van der Waals surface area contributed by atoms with E-state index in [1.807, 2.05) is 16.8 Å². The zero-order valence-electron chi connectivity index (χ0n) is 10.4. The maximum atomic E-state index is 10.0. The second kappa shape index (κ2) is 4.18. The summed E-state index contributed by atoms with van der Waals surface area (Å²) in [5.41, 5.74) is 0.887. The lowest BCUT2D eigenvalue weighted by Crippen LogP contribution is -2.25. The summed E-state index contributed by atoms with van der Waals surface area (Å²) in [5, 5.41) is 10.0. The Hall–Kier alpha value is -1.14.